The van der Waals surface area contributed by atoms with Gasteiger partial charge in [-0.2, -0.15) is 0 Å². The lowest BCUT2D eigenvalue weighted by molar-refractivity contribution is 0.0696. The van der Waals surface area contributed by atoms with Gasteiger partial charge in [-0.1, -0.05) is 11.6 Å². The Hall–Kier alpha value is -1.21. The fraction of sp³-hybridized carbons (Fsp3) is 0.0833. The molecule has 1 aromatic carbocycles. The van der Waals surface area contributed by atoms with Crippen LogP contribution in [0.4, 0.5) is 5.69 Å². The zero-order valence-corrected chi connectivity index (χ0v) is 12.0. The van der Waals surface area contributed by atoms with Crippen molar-refractivity contribution in [1.82, 2.24) is 0 Å². The molecule has 2 rings (SSSR count). The van der Waals surface area contributed by atoms with E-state index in [1.807, 2.05) is 12.1 Å². The third-order valence-corrected chi connectivity index (χ3v) is 3.41. The molecule has 1 aromatic heterocycles. The first-order chi connectivity index (χ1) is 8.56. The first-order valence-corrected chi connectivity index (χ1v) is 6.51. The van der Waals surface area contributed by atoms with Gasteiger partial charge in [0, 0.05) is 14.3 Å². The Labute approximate surface area is 122 Å². The van der Waals surface area contributed by atoms with Crippen LogP contribution in [0.1, 0.15) is 16.1 Å². The molecule has 2 aromatic rings. The van der Waals surface area contributed by atoms with Crippen LogP contribution in [0.25, 0.3) is 0 Å². The molecule has 0 bridgehead atoms. The van der Waals surface area contributed by atoms with Crippen LogP contribution in [0.5, 0.6) is 0 Å². The van der Waals surface area contributed by atoms with Gasteiger partial charge >= 0.3 is 5.97 Å². The molecule has 0 aliphatic heterocycles. The summed E-state index contributed by atoms with van der Waals surface area (Å²) in [6.07, 6.45) is 1.23. The first kappa shape index (κ1) is 13.2. The van der Waals surface area contributed by atoms with Crippen molar-refractivity contribution in [3.8, 4) is 0 Å². The Balaban J connectivity index is 2.04. The minimum Gasteiger partial charge on any atom is -0.478 e. The van der Waals surface area contributed by atoms with Crippen LogP contribution in [-0.2, 0) is 6.54 Å². The molecule has 4 nitrogen and oxygen atoms in total. The van der Waals surface area contributed by atoms with E-state index in [1.54, 1.807) is 6.07 Å². The average Bonchev–Trinajstić information content (AvgIpc) is 2.76. The maximum absolute atomic E-state index is 10.7. The smallest absolute Gasteiger partial charge is 0.338 e. The van der Waals surface area contributed by atoms with E-state index in [4.69, 9.17) is 21.1 Å². The predicted molar refractivity (Wildman–Crippen MR) is 77.2 cm³/mol. The number of halogens is 2. The summed E-state index contributed by atoms with van der Waals surface area (Å²) in [4.78, 5) is 10.7. The number of aromatic carboxylic acids is 1. The maximum Gasteiger partial charge on any atom is 0.338 e. The van der Waals surface area contributed by atoms with Crippen molar-refractivity contribution in [3.05, 3.63) is 50.4 Å². The highest BCUT2D eigenvalue weighted by atomic mass is 127. The number of rotatable bonds is 4. The van der Waals surface area contributed by atoms with Gasteiger partial charge in [0.2, 0.25) is 0 Å². The highest BCUT2D eigenvalue weighted by Gasteiger charge is 2.08. The van der Waals surface area contributed by atoms with E-state index in [2.05, 4.69) is 27.9 Å². The van der Waals surface area contributed by atoms with E-state index >= 15 is 0 Å². The number of carboxylic acid groups (broad SMARTS) is 1. The molecule has 2 N–H and O–H groups in total. The van der Waals surface area contributed by atoms with Gasteiger partial charge in [-0.3, -0.25) is 0 Å². The Bertz CT molecular complexity index is 582. The molecule has 6 heteroatoms. The van der Waals surface area contributed by atoms with E-state index in [1.165, 1.54) is 12.3 Å². The summed E-state index contributed by atoms with van der Waals surface area (Å²) >= 11 is 8.03. The molecule has 0 aliphatic rings. The fourth-order valence-electron chi connectivity index (χ4n) is 1.40. The summed E-state index contributed by atoms with van der Waals surface area (Å²) in [5, 5.41) is 12.6. The second kappa shape index (κ2) is 5.62. The van der Waals surface area contributed by atoms with Crippen LogP contribution in [0.2, 0.25) is 5.02 Å². The van der Waals surface area contributed by atoms with Gasteiger partial charge in [0.05, 0.1) is 12.1 Å². The number of benzene rings is 1. The molecular formula is C12H9ClINO3. The van der Waals surface area contributed by atoms with Crippen LogP contribution in [0.3, 0.4) is 0 Å². The van der Waals surface area contributed by atoms with Crippen molar-refractivity contribution in [2.45, 2.75) is 6.54 Å². The molecule has 0 aliphatic carbocycles. The van der Waals surface area contributed by atoms with Crippen LogP contribution in [-0.4, -0.2) is 11.1 Å². The highest BCUT2D eigenvalue weighted by molar-refractivity contribution is 14.1. The van der Waals surface area contributed by atoms with E-state index in [9.17, 15) is 4.79 Å². The van der Waals surface area contributed by atoms with E-state index in [0.29, 0.717) is 17.3 Å². The Morgan fingerprint density at radius 3 is 2.83 bits per heavy atom. The number of carboxylic acids is 1. The van der Waals surface area contributed by atoms with Crippen LogP contribution >= 0.6 is 34.2 Å². The van der Waals surface area contributed by atoms with Gasteiger partial charge in [-0.25, -0.2) is 4.79 Å². The van der Waals surface area contributed by atoms with Gasteiger partial charge < -0.3 is 14.8 Å². The predicted octanol–water partition coefficient (Wildman–Crippen LogP) is 3.85. The lowest BCUT2D eigenvalue weighted by Gasteiger charge is -2.06. The van der Waals surface area contributed by atoms with Crippen molar-refractivity contribution in [2.24, 2.45) is 0 Å². The lowest BCUT2D eigenvalue weighted by Crippen LogP contribution is -2.00. The second-order valence-corrected chi connectivity index (χ2v) is 5.18. The normalized spacial score (nSPS) is 10.3. The third-order valence-electron chi connectivity index (χ3n) is 2.28. The topological polar surface area (TPSA) is 62.5 Å². The summed E-state index contributed by atoms with van der Waals surface area (Å²) in [5.41, 5.74) is 1.07. The standard InChI is InChI=1S/C12H9ClINO3/c13-8-1-2-11(10(14)4-8)15-5-9-3-7(6-18-9)12(16)17/h1-4,6,15H,5H2,(H,16,17). The fourth-order valence-corrected chi connectivity index (χ4v) is 2.46. The van der Waals surface area contributed by atoms with Gasteiger partial charge in [-0.05, 0) is 46.9 Å². The zero-order chi connectivity index (χ0) is 13.1. The molecule has 0 atom stereocenters. The molecular weight excluding hydrogens is 368 g/mol. The maximum atomic E-state index is 10.7. The van der Waals surface area contributed by atoms with Gasteiger partial charge in [0.25, 0.3) is 0 Å². The minimum atomic E-state index is -0.994. The number of furan rings is 1. The van der Waals surface area contributed by atoms with Crippen molar-refractivity contribution in [2.75, 3.05) is 5.32 Å². The minimum absolute atomic E-state index is 0.151. The Kier molecular flexibility index (Phi) is 4.13. The first-order valence-electron chi connectivity index (χ1n) is 5.06. The summed E-state index contributed by atoms with van der Waals surface area (Å²) in [7, 11) is 0. The lowest BCUT2D eigenvalue weighted by atomic mass is 10.3. The number of hydrogen-bond acceptors (Lipinski definition) is 3. The Morgan fingerprint density at radius 2 is 2.22 bits per heavy atom. The number of carbonyl (C=O) groups is 1. The third kappa shape index (κ3) is 3.17. The van der Waals surface area contributed by atoms with Crippen molar-refractivity contribution in [3.63, 3.8) is 0 Å². The summed E-state index contributed by atoms with van der Waals surface area (Å²) < 4.78 is 6.13. The molecule has 0 amide bonds. The molecule has 0 unspecified atom stereocenters. The van der Waals surface area contributed by atoms with E-state index in [0.717, 1.165) is 9.26 Å². The second-order valence-electron chi connectivity index (χ2n) is 3.58. The summed E-state index contributed by atoms with van der Waals surface area (Å²) in [6, 6.07) is 7.00. The van der Waals surface area contributed by atoms with Gasteiger partial charge in [0.15, 0.2) is 0 Å². The summed E-state index contributed by atoms with van der Waals surface area (Å²) in [6.45, 7) is 0.422. The summed E-state index contributed by atoms with van der Waals surface area (Å²) in [5.74, 6) is -0.427. The highest BCUT2D eigenvalue weighted by Crippen LogP contribution is 2.23. The largest absolute Gasteiger partial charge is 0.478 e. The van der Waals surface area contributed by atoms with Crippen LogP contribution in [0, 0.1) is 3.57 Å². The zero-order valence-electron chi connectivity index (χ0n) is 9.11. The quantitative estimate of drug-likeness (QED) is 0.795. The molecule has 0 saturated heterocycles. The number of nitrogens with one attached hydrogen (secondary N) is 1. The molecule has 1 heterocycles. The van der Waals surface area contributed by atoms with E-state index in [-0.39, 0.29) is 5.56 Å². The van der Waals surface area contributed by atoms with Crippen molar-refractivity contribution >= 4 is 45.8 Å². The molecule has 18 heavy (non-hydrogen) atoms. The molecule has 0 spiro atoms. The molecule has 0 saturated carbocycles. The van der Waals surface area contributed by atoms with Gasteiger partial charge in [-0.15, -0.1) is 0 Å². The van der Waals surface area contributed by atoms with Gasteiger partial charge in [0.1, 0.15) is 12.0 Å². The van der Waals surface area contributed by atoms with Crippen molar-refractivity contribution in [1.29, 1.82) is 0 Å². The molecule has 94 valence electrons. The van der Waals surface area contributed by atoms with Crippen LogP contribution in [0.15, 0.2) is 34.9 Å². The molecule has 0 fully saturated rings. The molecule has 0 radical (unpaired) electrons. The average molecular weight is 378 g/mol. The van der Waals surface area contributed by atoms with Crippen molar-refractivity contribution < 1.29 is 14.3 Å². The Morgan fingerprint density at radius 1 is 1.44 bits per heavy atom. The van der Waals surface area contributed by atoms with Crippen LogP contribution < -0.4 is 5.32 Å². The number of anilines is 1. The monoisotopic (exact) mass is 377 g/mol. The SMILES string of the molecule is O=C(O)c1coc(CNc2ccc(Cl)cc2I)c1. The van der Waals surface area contributed by atoms with E-state index < -0.39 is 5.97 Å². The number of hydrogen-bond donors (Lipinski definition) is 2.